The molecule has 5 nitrogen and oxygen atoms in total. The number of phenolic OH excluding ortho intramolecular Hbond substituents is 1. The summed E-state index contributed by atoms with van der Waals surface area (Å²) in [6.45, 7) is 3.46. The summed E-state index contributed by atoms with van der Waals surface area (Å²) in [5, 5.41) is 20.9. The molecule has 18 heavy (non-hydrogen) atoms. The molecule has 0 saturated carbocycles. The highest BCUT2D eigenvalue weighted by molar-refractivity contribution is 5.98. The Hall–Kier alpha value is -2.04. The van der Waals surface area contributed by atoms with Crippen molar-refractivity contribution in [3.63, 3.8) is 0 Å². The number of aliphatic carboxylic acids is 1. The minimum atomic E-state index is -1.05. The van der Waals surface area contributed by atoms with Gasteiger partial charge in [0.05, 0.1) is 0 Å². The maximum absolute atomic E-state index is 11.9. The molecule has 1 amide bonds. The van der Waals surface area contributed by atoms with Gasteiger partial charge in [-0.15, -0.1) is 0 Å². The van der Waals surface area contributed by atoms with Crippen LogP contribution in [0.3, 0.4) is 0 Å². The highest BCUT2D eigenvalue weighted by atomic mass is 16.4. The number of rotatable bonds is 5. The number of benzene rings is 1. The summed E-state index contributed by atoms with van der Waals surface area (Å²) in [7, 11) is 0. The third kappa shape index (κ3) is 3.23. The number of aromatic hydroxyl groups is 1. The maximum atomic E-state index is 11.9. The van der Waals surface area contributed by atoms with Gasteiger partial charge in [0, 0.05) is 11.1 Å². The summed E-state index contributed by atoms with van der Waals surface area (Å²) in [6.07, 6.45) is 1.04. The summed E-state index contributed by atoms with van der Waals surface area (Å²) in [5.41, 5.74) is 0.730. The Bertz CT molecular complexity index is 456. The average molecular weight is 251 g/mol. The molecule has 1 atom stereocenters. The molecule has 1 rings (SSSR count). The molecule has 0 fully saturated rings. The van der Waals surface area contributed by atoms with Gasteiger partial charge < -0.3 is 15.5 Å². The van der Waals surface area contributed by atoms with Gasteiger partial charge >= 0.3 is 5.97 Å². The van der Waals surface area contributed by atoms with Crippen molar-refractivity contribution in [2.24, 2.45) is 0 Å². The predicted molar refractivity (Wildman–Crippen MR) is 66.6 cm³/mol. The Morgan fingerprint density at radius 1 is 1.39 bits per heavy atom. The second kappa shape index (κ2) is 6.05. The molecule has 1 aromatic carbocycles. The van der Waals surface area contributed by atoms with Crippen molar-refractivity contribution in [2.75, 3.05) is 0 Å². The number of carboxylic acid groups (broad SMARTS) is 1. The molecular weight excluding hydrogens is 234 g/mol. The van der Waals surface area contributed by atoms with Crippen LogP contribution in [0.2, 0.25) is 0 Å². The second-order valence-corrected chi connectivity index (χ2v) is 4.10. The molecule has 98 valence electrons. The van der Waals surface area contributed by atoms with Gasteiger partial charge in [0.1, 0.15) is 11.8 Å². The number of carboxylic acids is 1. The Morgan fingerprint density at radius 3 is 2.61 bits per heavy atom. The fourth-order valence-electron chi connectivity index (χ4n) is 1.65. The summed E-state index contributed by atoms with van der Waals surface area (Å²) >= 11 is 0. The zero-order valence-corrected chi connectivity index (χ0v) is 10.4. The molecule has 5 heteroatoms. The van der Waals surface area contributed by atoms with E-state index in [2.05, 4.69) is 5.32 Å². The van der Waals surface area contributed by atoms with Gasteiger partial charge in [-0.05, 0) is 25.5 Å². The summed E-state index contributed by atoms with van der Waals surface area (Å²) in [6, 6.07) is 3.68. The van der Waals surface area contributed by atoms with Gasteiger partial charge in [-0.2, -0.15) is 0 Å². The number of carbonyl (C=O) groups is 2. The number of hydrogen-bond donors (Lipinski definition) is 3. The fourth-order valence-corrected chi connectivity index (χ4v) is 1.65. The molecular formula is C13H17NO4. The van der Waals surface area contributed by atoms with Crippen LogP contribution in [-0.4, -0.2) is 28.1 Å². The normalized spacial score (nSPS) is 11.9. The number of hydrogen-bond acceptors (Lipinski definition) is 3. The largest absolute Gasteiger partial charge is 0.508 e. The molecule has 0 bridgehead atoms. The van der Waals surface area contributed by atoms with Gasteiger partial charge in [-0.1, -0.05) is 19.4 Å². The van der Waals surface area contributed by atoms with E-state index >= 15 is 0 Å². The lowest BCUT2D eigenvalue weighted by Gasteiger charge is -2.14. The molecule has 0 radical (unpaired) electrons. The van der Waals surface area contributed by atoms with E-state index in [1.807, 2.05) is 6.92 Å². The molecule has 0 aliphatic carbocycles. The standard InChI is InChI=1S/C13H17NO4/c1-3-5-10(13(17)18)14-12(16)9-6-4-7-11(15)8(9)2/h4,6-7,10,15H,3,5H2,1-2H3,(H,14,16)(H,17,18). The van der Waals surface area contributed by atoms with Crippen LogP contribution in [0.25, 0.3) is 0 Å². The van der Waals surface area contributed by atoms with E-state index in [4.69, 9.17) is 5.11 Å². The second-order valence-electron chi connectivity index (χ2n) is 4.10. The third-order valence-corrected chi connectivity index (χ3v) is 2.73. The Labute approximate surface area is 105 Å². The van der Waals surface area contributed by atoms with E-state index in [0.717, 1.165) is 0 Å². The fraction of sp³-hybridized carbons (Fsp3) is 0.385. The van der Waals surface area contributed by atoms with E-state index in [1.54, 1.807) is 19.1 Å². The molecule has 1 aromatic rings. The first-order valence-electron chi connectivity index (χ1n) is 5.79. The van der Waals surface area contributed by atoms with Gasteiger partial charge in [0.25, 0.3) is 5.91 Å². The zero-order chi connectivity index (χ0) is 13.7. The first-order valence-corrected chi connectivity index (χ1v) is 5.79. The van der Waals surface area contributed by atoms with Gasteiger partial charge in [-0.3, -0.25) is 4.79 Å². The predicted octanol–water partition coefficient (Wildman–Crippen LogP) is 1.68. The van der Waals surface area contributed by atoms with E-state index in [1.165, 1.54) is 6.07 Å². The zero-order valence-electron chi connectivity index (χ0n) is 10.4. The van der Waals surface area contributed by atoms with Crippen molar-refractivity contribution in [2.45, 2.75) is 32.7 Å². The lowest BCUT2D eigenvalue weighted by molar-refractivity contribution is -0.139. The SMILES string of the molecule is CCCC(NC(=O)c1cccc(O)c1C)C(=O)O. The Balaban J connectivity index is 2.87. The van der Waals surface area contributed by atoms with E-state index in [-0.39, 0.29) is 11.3 Å². The van der Waals surface area contributed by atoms with Crippen LogP contribution in [0.5, 0.6) is 5.75 Å². The number of amides is 1. The lowest BCUT2D eigenvalue weighted by Crippen LogP contribution is -2.40. The van der Waals surface area contributed by atoms with Crippen LogP contribution in [0.1, 0.15) is 35.7 Å². The average Bonchev–Trinajstić information content (AvgIpc) is 2.31. The van der Waals surface area contributed by atoms with Crippen molar-refractivity contribution in [1.29, 1.82) is 0 Å². The maximum Gasteiger partial charge on any atom is 0.326 e. The van der Waals surface area contributed by atoms with Crippen LogP contribution < -0.4 is 5.32 Å². The van der Waals surface area contributed by atoms with Gasteiger partial charge in [-0.25, -0.2) is 4.79 Å². The summed E-state index contributed by atoms with van der Waals surface area (Å²) in [5.74, 6) is -1.52. The molecule has 0 heterocycles. The van der Waals surface area contributed by atoms with E-state index < -0.39 is 17.9 Å². The number of carbonyl (C=O) groups excluding carboxylic acids is 1. The monoisotopic (exact) mass is 251 g/mol. The molecule has 1 unspecified atom stereocenters. The summed E-state index contributed by atoms with van der Waals surface area (Å²) < 4.78 is 0. The Kier molecular flexibility index (Phi) is 4.71. The molecule has 3 N–H and O–H groups in total. The van der Waals surface area contributed by atoms with Crippen molar-refractivity contribution in [3.05, 3.63) is 29.3 Å². The molecule has 0 spiro atoms. The van der Waals surface area contributed by atoms with Crippen LogP contribution in [0, 0.1) is 6.92 Å². The molecule has 0 aliphatic rings. The number of nitrogens with one attached hydrogen (secondary N) is 1. The smallest absolute Gasteiger partial charge is 0.326 e. The van der Waals surface area contributed by atoms with E-state index in [0.29, 0.717) is 18.4 Å². The van der Waals surface area contributed by atoms with Crippen LogP contribution in [-0.2, 0) is 4.79 Å². The number of phenols is 1. The van der Waals surface area contributed by atoms with Crippen molar-refractivity contribution in [3.8, 4) is 5.75 Å². The van der Waals surface area contributed by atoms with Crippen molar-refractivity contribution < 1.29 is 19.8 Å². The quantitative estimate of drug-likeness (QED) is 0.743. The van der Waals surface area contributed by atoms with Gasteiger partial charge in [0.2, 0.25) is 0 Å². The highest BCUT2D eigenvalue weighted by Crippen LogP contribution is 2.19. The van der Waals surface area contributed by atoms with E-state index in [9.17, 15) is 14.7 Å². The lowest BCUT2D eigenvalue weighted by atomic mass is 10.1. The Morgan fingerprint density at radius 2 is 2.06 bits per heavy atom. The van der Waals surface area contributed by atoms with Crippen molar-refractivity contribution >= 4 is 11.9 Å². The first-order chi connectivity index (χ1) is 8.47. The molecule has 0 aromatic heterocycles. The van der Waals surface area contributed by atoms with Crippen LogP contribution >= 0.6 is 0 Å². The first kappa shape index (κ1) is 14.0. The van der Waals surface area contributed by atoms with Crippen molar-refractivity contribution in [1.82, 2.24) is 5.32 Å². The van der Waals surface area contributed by atoms with Crippen LogP contribution in [0.15, 0.2) is 18.2 Å². The minimum absolute atomic E-state index is 0.0185. The molecule has 0 aliphatic heterocycles. The van der Waals surface area contributed by atoms with Gasteiger partial charge in [0.15, 0.2) is 0 Å². The third-order valence-electron chi connectivity index (χ3n) is 2.73. The topological polar surface area (TPSA) is 86.6 Å². The molecule has 0 saturated heterocycles. The minimum Gasteiger partial charge on any atom is -0.508 e. The summed E-state index contributed by atoms with van der Waals surface area (Å²) in [4.78, 5) is 22.9. The van der Waals surface area contributed by atoms with Crippen LogP contribution in [0.4, 0.5) is 0 Å². The highest BCUT2D eigenvalue weighted by Gasteiger charge is 2.20.